The number of aliphatic hydroxyl groups is 1. The van der Waals surface area contributed by atoms with Gasteiger partial charge in [0.25, 0.3) is 0 Å². The standard InChI is InChI=1S/C18H21ClN2O3/c1-21(11-16(22)13-6-4-3-5-7-13)12-18(23)20-15-10-14(19)8-9-17(15)24-2/h3-10,16,22H,11-12H2,1-2H3,(H,20,23)/t16-/m1/s1. The lowest BCUT2D eigenvalue weighted by molar-refractivity contribution is -0.117. The molecule has 2 N–H and O–H groups in total. The van der Waals surface area contributed by atoms with Gasteiger partial charge in [0, 0.05) is 11.6 Å². The maximum Gasteiger partial charge on any atom is 0.238 e. The van der Waals surface area contributed by atoms with Crippen molar-refractivity contribution < 1.29 is 14.6 Å². The van der Waals surface area contributed by atoms with E-state index < -0.39 is 6.10 Å². The van der Waals surface area contributed by atoms with Crippen LogP contribution in [0.2, 0.25) is 5.02 Å². The molecule has 6 heteroatoms. The number of methoxy groups -OCH3 is 1. The molecule has 0 bridgehead atoms. The molecule has 2 aromatic rings. The van der Waals surface area contributed by atoms with Gasteiger partial charge in [0.05, 0.1) is 25.4 Å². The number of hydrogen-bond acceptors (Lipinski definition) is 4. The van der Waals surface area contributed by atoms with E-state index in [0.29, 0.717) is 23.0 Å². The van der Waals surface area contributed by atoms with E-state index in [-0.39, 0.29) is 12.5 Å². The van der Waals surface area contributed by atoms with Crippen LogP contribution in [-0.4, -0.2) is 43.2 Å². The topological polar surface area (TPSA) is 61.8 Å². The number of nitrogens with one attached hydrogen (secondary N) is 1. The summed E-state index contributed by atoms with van der Waals surface area (Å²) in [5.74, 6) is 0.332. The van der Waals surface area contributed by atoms with Crippen LogP contribution in [0.1, 0.15) is 11.7 Å². The SMILES string of the molecule is COc1ccc(Cl)cc1NC(=O)CN(C)C[C@@H](O)c1ccccc1. The number of carbonyl (C=O) groups excluding carboxylic acids is 1. The Kier molecular flexibility index (Phi) is 6.61. The van der Waals surface area contributed by atoms with E-state index in [4.69, 9.17) is 16.3 Å². The number of likely N-dealkylation sites (N-methyl/N-ethyl adjacent to an activating group) is 1. The molecular formula is C18H21ClN2O3. The van der Waals surface area contributed by atoms with Crippen LogP contribution in [0.5, 0.6) is 5.75 Å². The molecule has 0 radical (unpaired) electrons. The highest BCUT2D eigenvalue weighted by Gasteiger charge is 2.14. The van der Waals surface area contributed by atoms with Gasteiger partial charge in [-0.25, -0.2) is 0 Å². The molecule has 1 atom stereocenters. The third kappa shape index (κ3) is 5.23. The number of carbonyl (C=O) groups is 1. The number of nitrogens with zero attached hydrogens (tertiary/aromatic N) is 1. The van der Waals surface area contributed by atoms with Crippen molar-refractivity contribution in [3.05, 3.63) is 59.1 Å². The molecule has 0 spiro atoms. The molecular weight excluding hydrogens is 328 g/mol. The van der Waals surface area contributed by atoms with E-state index in [1.807, 2.05) is 30.3 Å². The number of rotatable bonds is 7. The molecule has 0 saturated heterocycles. The summed E-state index contributed by atoms with van der Waals surface area (Å²) in [5, 5.41) is 13.5. The van der Waals surface area contributed by atoms with Gasteiger partial charge in [0.2, 0.25) is 5.91 Å². The predicted octanol–water partition coefficient (Wildman–Crippen LogP) is 2.95. The van der Waals surface area contributed by atoms with Crippen LogP contribution in [0.4, 0.5) is 5.69 Å². The highest BCUT2D eigenvalue weighted by molar-refractivity contribution is 6.31. The smallest absolute Gasteiger partial charge is 0.238 e. The minimum atomic E-state index is -0.648. The number of ether oxygens (including phenoxy) is 1. The van der Waals surface area contributed by atoms with Gasteiger partial charge in [0.15, 0.2) is 0 Å². The normalized spacial score (nSPS) is 12.0. The van der Waals surface area contributed by atoms with Crippen molar-refractivity contribution in [2.75, 3.05) is 32.6 Å². The van der Waals surface area contributed by atoms with E-state index in [1.54, 1.807) is 30.1 Å². The summed E-state index contributed by atoms with van der Waals surface area (Å²) in [6.45, 7) is 0.490. The maximum atomic E-state index is 12.2. The zero-order valence-corrected chi connectivity index (χ0v) is 14.5. The Morgan fingerprint density at radius 3 is 2.67 bits per heavy atom. The van der Waals surface area contributed by atoms with Gasteiger partial charge >= 0.3 is 0 Å². The Morgan fingerprint density at radius 2 is 2.00 bits per heavy atom. The Bertz CT molecular complexity index is 679. The average Bonchev–Trinajstić information content (AvgIpc) is 2.55. The van der Waals surface area contributed by atoms with Gasteiger partial charge in [-0.3, -0.25) is 9.69 Å². The Morgan fingerprint density at radius 1 is 1.29 bits per heavy atom. The van der Waals surface area contributed by atoms with Crippen LogP contribution in [0.25, 0.3) is 0 Å². The number of benzene rings is 2. The molecule has 24 heavy (non-hydrogen) atoms. The quantitative estimate of drug-likeness (QED) is 0.807. The van der Waals surface area contributed by atoms with E-state index in [9.17, 15) is 9.90 Å². The second kappa shape index (κ2) is 8.68. The van der Waals surface area contributed by atoms with Gasteiger partial charge in [-0.1, -0.05) is 41.9 Å². The number of amides is 1. The van der Waals surface area contributed by atoms with Gasteiger partial charge in [-0.05, 0) is 30.8 Å². The van der Waals surface area contributed by atoms with Crippen LogP contribution in [0.3, 0.4) is 0 Å². The fraction of sp³-hybridized carbons (Fsp3) is 0.278. The Labute approximate surface area is 146 Å². The largest absolute Gasteiger partial charge is 0.495 e. The summed E-state index contributed by atoms with van der Waals surface area (Å²) >= 11 is 5.95. The summed E-state index contributed by atoms with van der Waals surface area (Å²) in [6, 6.07) is 14.4. The monoisotopic (exact) mass is 348 g/mol. The molecule has 0 saturated carbocycles. The van der Waals surface area contributed by atoms with Crippen molar-refractivity contribution in [1.82, 2.24) is 4.90 Å². The molecule has 0 fully saturated rings. The molecule has 128 valence electrons. The minimum absolute atomic E-state index is 0.138. The van der Waals surface area contributed by atoms with Crippen molar-refractivity contribution in [3.8, 4) is 5.75 Å². The number of aliphatic hydroxyl groups excluding tert-OH is 1. The highest BCUT2D eigenvalue weighted by atomic mass is 35.5. The molecule has 2 aromatic carbocycles. The first-order valence-electron chi connectivity index (χ1n) is 7.54. The lowest BCUT2D eigenvalue weighted by Crippen LogP contribution is -2.33. The fourth-order valence-electron chi connectivity index (χ4n) is 2.35. The predicted molar refractivity (Wildman–Crippen MR) is 95.5 cm³/mol. The number of halogens is 1. The second-order valence-electron chi connectivity index (χ2n) is 5.52. The van der Waals surface area contributed by atoms with Crippen molar-refractivity contribution >= 4 is 23.2 Å². The fourth-order valence-corrected chi connectivity index (χ4v) is 2.53. The summed E-state index contributed by atoms with van der Waals surface area (Å²) in [7, 11) is 3.31. The van der Waals surface area contributed by atoms with Crippen molar-refractivity contribution in [2.24, 2.45) is 0 Å². The van der Waals surface area contributed by atoms with Gasteiger partial charge in [-0.2, -0.15) is 0 Å². The van der Waals surface area contributed by atoms with E-state index in [1.165, 1.54) is 7.11 Å². The van der Waals surface area contributed by atoms with Crippen molar-refractivity contribution in [3.63, 3.8) is 0 Å². The molecule has 0 aliphatic rings. The van der Waals surface area contributed by atoms with Crippen LogP contribution < -0.4 is 10.1 Å². The van der Waals surface area contributed by atoms with Crippen LogP contribution >= 0.6 is 11.6 Å². The van der Waals surface area contributed by atoms with E-state index >= 15 is 0 Å². The van der Waals surface area contributed by atoms with Crippen LogP contribution in [0.15, 0.2) is 48.5 Å². The molecule has 2 rings (SSSR count). The zero-order valence-electron chi connectivity index (χ0n) is 13.7. The number of hydrogen-bond donors (Lipinski definition) is 2. The number of anilines is 1. The maximum absolute atomic E-state index is 12.2. The van der Waals surface area contributed by atoms with E-state index in [2.05, 4.69) is 5.32 Å². The minimum Gasteiger partial charge on any atom is -0.495 e. The summed E-state index contributed by atoms with van der Waals surface area (Å²) in [5.41, 5.74) is 1.34. The molecule has 0 aromatic heterocycles. The van der Waals surface area contributed by atoms with Crippen LogP contribution in [0, 0.1) is 0 Å². The molecule has 5 nitrogen and oxygen atoms in total. The summed E-state index contributed by atoms with van der Waals surface area (Å²) in [4.78, 5) is 13.9. The first kappa shape index (κ1) is 18.3. The Balaban J connectivity index is 1.91. The highest BCUT2D eigenvalue weighted by Crippen LogP contribution is 2.27. The van der Waals surface area contributed by atoms with E-state index in [0.717, 1.165) is 5.56 Å². The lowest BCUT2D eigenvalue weighted by Gasteiger charge is -2.20. The second-order valence-corrected chi connectivity index (χ2v) is 5.95. The average molecular weight is 349 g/mol. The third-order valence-electron chi connectivity index (χ3n) is 3.52. The van der Waals surface area contributed by atoms with Crippen LogP contribution in [-0.2, 0) is 4.79 Å². The molecule has 0 unspecified atom stereocenters. The molecule has 0 aliphatic carbocycles. The Hall–Kier alpha value is -2.08. The first-order valence-corrected chi connectivity index (χ1v) is 7.92. The van der Waals surface area contributed by atoms with Crippen molar-refractivity contribution in [1.29, 1.82) is 0 Å². The lowest BCUT2D eigenvalue weighted by atomic mass is 10.1. The summed E-state index contributed by atoms with van der Waals surface area (Å²) in [6.07, 6.45) is -0.648. The molecule has 0 aliphatic heterocycles. The van der Waals surface area contributed by atoms with Gasteiger partial charge in [-0.15, -0.1) is 0 Å². The van der Waals surface area contributed by atoms with Gasteiger partial charge < -0.3 is 15.2 Å². The zero-order chi connectivity index (χ0) is 17.5. The summed E-state index contributed by atoms with van der Waals surface area (Å²) < 4.78 is 5.20. The third-order valence-corrected chi connectivity index (χ3v) is 3.75. The van der Waals surface area contributed by atoms with Gasteiger partial charge in [0.1, 0.15) is 5.75 Å². The van der Waals surface area contributed by atoms with Crippen molar-refractivity contribution in [2.45, 2.75) is 6.10 Å². The molecule has 1 amide bonds. The first-order chi connectivity index (χ1) is 11.5. The molecule has 0 heterocycles.